The van der Waals surface area contributed by atoms with Gasteiger partial charge in [0.15, 0.2) is 0 Å². The minimum Gasteiger partial charge on any atom is -0.374 e. The van der Waals surface area contributed by atoms with Crippen molar-refractivity contribution in [2.24, 2.45) is 7.05 Å². The Morgan fingerprint density at radius 3 is 3.21 bits per heavy atom. The van der Waals surface area contributed by atoms with E-state index in [0.717, 1.165) is 32.5 Å². The second kappa shape index (κ2) is 6.66. The van der Waals surface area contributed by atoms with E-state index in [-0.39, 0.29) is 18.1 Å². The Morgan fingerprint density at radius 2 is 2.46 bits per heavy atom. The lowest BCUT2D eigenvalue weighted by atomic mass is 10.0. The number of aryl methyl sites for hydroxylation is 1. The molecule has 4 heterocycles. The van der Waals surface area contributed by atoms with E-state index >= 15 is 0 Å². The predicted octanol–water partition coefficient (Wildman–Crippen LogP) is 1.64. The lowest BCUT2D eigenvalue weighted by molar-refractivity contribution is -0.0210. The van der Waals surface area contributed by atoms with E-state index in [2.05, 4.69) is 32.8 Å². The maximum absolute atomic E-state index is 12.5. The highest BCUT2D eigenvalue weighted by molar-refractivity contribution is 7.09. The van der Waals surface area contributed by atoms with Crippen LogP contribution in [0.15, 0.2) is 29.9 Å². The van der Waals surface area contributed by atoms with Crippen LogP contribution in [0.5, 0.6) is 0 Å². The molecule has 1 N–H and O–H groups in total. The Hall–Kier alpha value is -1.70. The fourth-order valence-electron chi connectivity index (χ4n) is 3.76. The molecule has 3 atom stereocenters. The fourth-order valence-corrected chi connectivity index (χ4v) is 4.49. The summed E-state index contributed by atoms with van der Waals surface area (Å²) in [5.74, 6) is -0.0704. The molecule has 6 nitrogen and oxygen atoms in total. The lowest BCUT2D eigenvalue weighted by Crippen LogP contribution is -2.47. The van der Waals surface area contributed by atoms with Gasteiger partial charge >= 0.3 is 0 Å². The smallest absolute Gasteiger partial charge is 0.254 e. The van der Waals surface area contributed by atoms with Gasteiger partial charge < -0.3 is 10.1 Å². The molecular weight excluding hydrogens is 324 g/mol. The van der Waals surface area contributed by atoms with Crippen molar-refractivity contribution in [3.63, 3.8) is 0 Å². The summed E-state index contributed by atoms with van der Waals surface area (Å²) in [5, 5.41) is 9.35. The molecule has 0 radical (unpaired) electrons. The minimum absolute atomic E-state index is 0.0305. The minimum atomic E-state index is -0.0704. The van der Waals surface area contributed by atoms with Crippen LogP contribution in [0.1, 0.15) is 28.1 Å². The van der Waals surface area contributed by atoms with E-state index < -0.39 is 0 Å². The Kier molecular flexibility index (Phi) is 4.39. The molecule has 24 heavy (non-hydrogen) atoms. The molecule has 2 aromatic rings. The second-order valence-electron chi connectivity index (χ2n) is 6.54. The first kappa shape index (κ1) is 15.8. The predicted molar refractivity (Wildman–Crippen MR) is 92.0 cm³/mol. The summed E-state index contributed by atoms with van der Waals surface area (Å²) in [6.07, 6.45) is 5.65. The summed E-state index contributed by atoms with van der Waals surface area (Å²) >= 11 is 1.78. The Labute approximate surface area is 145 Å². The zero-order valence-corrected chi connectivity index (χ0v) is 14.5. The molecule has 2 fully saturated rings. The van der Waals surface area contributed by atoms with Gasteiger partial charge in [-0.15, -0.1) is 11.3 Å². The highest BCUT2D eigenvalue weighted by Crippen LogP contribution is 2.31. The van der Waals surface area contributed by atoms with Gasteiger partial charge in [-0.05, 0) is 24.3 Å². The monoisotopic (exact) mass is 346 g/mol. The summed E-state index contributed by atoms with van der Waals surface area (Å²) < 4.78 is 7.68. The maximum Gasteiger partial charge on any atom is 0.254 e. The topological polar surface area (TPSA) is 59.4 Å². The van der Waals surface area contributed by atoms with Gasteiger partial charge in [0, 0.05) is 43.9 Å². The van der Waals surface area contributed by atoms with Gasteiger partial charge in [0.2, 0.25) is 0 Å². The molecule has 0 bridgehead atoms. The van der Waals surface area contributed by atoms with Crippen molar-refractivity contribution in [3.05, 3.63) is 40.3 Å². The normalized spacial score (nSPS) is 27.1. The number of ether oxygens (including phenoxy) is 1. The number of aromatic nitrogens is 2. The van der Waals surface area contributed by atoms with Crippen molar-refractivity contribution >= 4 is 17.2 Å². The van der Waals surface area contributed by atoms with E-state index in [1.54, 1.807) is 28.4 Å². The number of nitrogens with one attached hydrogen (secondary N) is 1. The van der Waals surface area contributed by atoms with Crippen molar-refractivity contribution in [3.8, 4) is 0 Å². The first-order valence-electron chi connectivity index (χ1n) is 8.38. The number of thiophene rings is 1. The fraction of sp³-hybridized carbons (Fsp3) is 0.529. The van der Waals surface area contributed by atoms with Gasteiger partial charge in [-0.25, -0.2) is 0 Å². The van der Waals surface area contributed by atoms with Crippen LogP contribution in [0.2, 0.25) is 0 Å². The average Bonchev–Trinajstić information content (AvgIpc) is 3.30. The van der Waals surface area contributed by atoms with Crippen molar-refractivity contribution in [1.82, 2.24) is 20.0 Å². The van der Waals surface area contributed by atoms with Crippen LogP contribution in [-0.2, 0) is 18.3 Å². The van der Waals surface area contributed by atoms with Crippen LogP contribution in [0.4, 0.5) is 0 Å². The summed E-state index contributed by atoms with van der Waals surface area (Å²) in [5.41, 5.74) is 0.599. The van der Waals surface area contributed by atoms with Crippen LogP contribution in [0, 0.1) is 0 Å². The molecule has 7 heteroatoms. The highest BCUT2D eigenvalue weighted by Gasteiger charge is 2.44. The molecule has 2 saturated heterocycles. The van der Waals surface area contributed by atoms with Crippen LogP contribution < -0.4 is 5.32 Å². The number of carbonyl (C=O) groups excluding carboxylic acids is 1. The average molecular weight is 346 g/mol. The van der Waals surface area contributed by atoms with Crippen LogP contribution in [-0.4, -0.2) is 51.9 Å². The number of nitrogens with zero attached hydrogens (tertiary/aromatic N) is 3. The molecule has 0 spiro atoms. The summed E-state index contributed by atoms with van der Waals surface area (Å²) in [6, 6.07) is 4.68. The van der Waals surface area contributed by atoms with Gasteiger partial charge in [-0.3, -0.25) is 14.4 Å². The molecule has 0 unspecified atom stereocenters. The number of fused-ring (bicyclic) bond motifs is 1. The zero-order chi connectivity index (χ0) is 16.5. The Morgan fingerprint density at radius 1 is 1.54 bits per heavy atom. The summed E-state index contributed by atoms with van der Waals surface area (Å²) in [7, 11) is 1.81. The SMILES string of the molecule is Cn1cc(C(=O)N[C@@H]2CN(Cc3cccs3)[C@@H]3CCCO[C@@H]32)cn1. The molecule has 0 aliphatic carbocycles. The molecule has 4 rings (SSSR count). The van der Waals surface area contributed by atoms with E-state index in [1.165, 1.54) is 4.88 Å². The van der Waals surface area contributed by atoms with Gasteiger partial charge in [0.1, 0.15) is 0 Å². The number of amides is 1. The van der Waals surface area contributed by atoms with E-state index in [0.29, 0.717) is 11.6 Å². The van der Waals surface area contributed by atoms with Gasteiger partial charge in [-0.2, -0.15) is 5.10 Å². The molecule has 0 aromatic carbocycles. The third-order valence-corrected chi connectivity index (χ3v) is 5.71. The molecule has 0 saturated carbocycles. The number of hydrogen-bond acceptors (Lipinski definition) is 5. The van der Waals surface area contributed by atoms with Crippen LogP contribution in [0.3, 0.4) is 0 Å². The first-order valence-corrected chi connectivity index (χ1v) is 9.26. The van der Waals surface area contributed by atoms with E-state index in [9.17, 15) is 4.79 Å². The summed E-state index contributed by atoms with van der Waals surface area (Å²) in [4.78, 5) is 16.3. The molecule has 2 aliphatic rings. The van der Waals surface area contributed by atoms with Crippen LogP contribution >= 0.6 is 11.3 Å². The largest absolute Gasteiger partial charge is 0.374 e. The van der Waals surface area contributed by atoms with Crippen molar-refractivity contribution < 1.29 is 9.53 Å². The molecule has 128 valence electrons. The van der Waals surface area contributed by atoms with Crippen molar-refractivity contribution in [2.45, 2.75) is 37.6 Å². The van der Waals surface area contributed by atoms with Gasteiger partial charge in [-0.1, -0.05) is 6.07 Å². The molecule has 2 aromatic heterocycles. The first-order chi connectivity index (χ1) is 11.7. The maximum atomic E-state index is 12.5. The van der Waals surface area contributed by atoms with Crippen molar-refractivity contribution in [2.75, 3.05) is 13.2 Å². The quantitative estimate of drug-likeness (QED) is 0.914. The number of hydrogen-bond donors (Lipinski definition) is 1. The third-order valence-electron chi connectivity index (χ3n) is 4.85. The molecule has 1 amide bonds. The standard InChI is InChI=1S/C17H22N4O2S/c1-20-9-12(8-18-20)17(22)19-14-11-21(10-13-4-3-7-24-13)15-5-2-6-23-16(14)15/h3-4,7-9,14-16H,2,5-6,10-11H2,1H3,(H,19,22)/t14-,15-,16-/m1/s1. The summed E-state index contributed by atoms with van der Waals surface area (Å²) in [6.45, 7) is 2.55. The van der Waals surface area contributed by atoms with Crippen LogP contribution in [0.25, 0.3) is 0 Å². The van der Waals surface area contributed by atoms with Gasteiger partial charge in [0.05, 0.1) is 23.9 Å². The second-order valence-corrected chi connectivity index (χ2v) is 7.57. The number of likely N-dealkylation sites (tertiary alicyclic amines) is 1. The number of carbonyl (C=O) groups is 1. The Bertz CT molecular complexity index is 699. The van der Waals surface area contributed by atoms with E-state index in [4.69, 9.17) is 4.74 Å². The van der Waals surface area contributed by atoms with Crippen molar-refractivity contribution in [1.29, 1.82) is 0 Å². The lowest BCUT2D eigenvalue weighted by Gasteiger charge is -2.32. The highest BCUT2D eigenvalue weighted by atomic mass is 32.1. The third kappa shape index (κ3) is 3.11. The molecular formula is C17H22N4O2S. The van der Waals surface area contributed by atoms with E-state index in [1.807, 2.05) is 7.05 Å². The Balaban J connectivity index is 1.47. The number of rotatable bonds is 4. The molecule has 2 aliphatic heterocycles. The van der Waals surface area contributed by atoms with Gasteiger partial charge in [0.25, 0.3) is 5.91 Å². The zero-order valence-electron chi connectivity index (χ0n) is 13.7.